The molecule has 0 saturated carbocycles. The minimum Gasteiger partial charge on any atom is -0.381 e. The predicted molar refractivity (Wildman–Crippen MR) is 84.5 cm³/mol. The number of hydrogen-bond acceptors (Lipinski definition) is 2. The summed E-state index contributed by atoms with van der Waals surface area (Å²) in [5.74, 6) is 0. The average Bonchev–Trinajstić information content (AvgIpc) is 2.79. The van der Waals surface area contributed by atoms with E-state index in [0.29, 0.717) is 16.6 Å². The van der Waals surface area contributed by atoms with Gasteiger partial charge in [0.2, 0.25) is 0 Å². The molecule has 5 heteroatoms. The molecule has 3 nitrogen and oxygen atoms in total. The molecule has 0 fully saturated rings. The number of anilines is 1. The molecule has 0 amide bonds. The third-order valence-electron chi connectivity index (χ3n) is 3.28. The third-order valence-corrected chi connectivity index (χ3v) is 3.99. The Labute approximate surface area is 127 Å². The van der Waals surface area contributed by atoms with Gasteiger partial charge in [-0.15, -0.1) is 0 Å². The average molecular weight is 306 g/mol. The molecule has 0 aliphatic carbocycles. The molecule has 0 atom stereocenters. The van der Waals surface area contributed by atoms with Gasteiger partial charge in [0.25, 0.3) is 0 Å². The summed E-state index contributed by atoms with van der Waals surface area (Å²) in [6.07, 6.45) is 1.85. The van der Waals surface area contributed by atoms with Crippen LogP contribution in [0.2, 0.25) is 10.0 Å². The SMILES string of the molecule is Cn1ncc2cc(NCc3c(Cl)cccc3Cl)ccc21. The van der Waals surface area contributed by atoms with Crippen molar-refractivity contribution in [3.63, 3.8) is 0 Å². The van der Waals surface area contributed by atoms with Crippen LogP contribution >= 0.6 is 23.2 Å². The van der Waals surface area contributed by atoms with Crippen molar-refractivity contribution >= 4 is 39.8 Å². The van der Waals surface area contributed by atoms with E-state index < -0.39 is 0 Å². The van der Waals surface area contributed by atoms with Gasteiger partial charge >= 0.3 is 0 Å². The Kier molecular flexibility index (Phi) is 3.55. The zero-order chi connectivity index (χ0) is 14.1. The lowest BCUT2D eigenvalue weighted by atomic mass is 10.2. The smallest absolute Gasteiger partial charge is 0.0680 e. The lowest BCUT2D eigenvalue weighted by Crippen LogP contribution is -2.00. The van der Waals surface area contributed by atoms with Crippen molar-refractivity contribution < 1.29 is 0 Å². The van der Waals surface area contributed by atoms with Crippen molar-refractivity contribution in [2.24, 2.45) is 7.05 Å². The molecule has 0 spiro atoms. The summed E-state index contributed by atoms with van der Waals surface area (Å²) in [4.78, 5) is 0. The molecule has 1 N–H and O–H groups in total. The monoisotopic (exact) mass is 305 g/mol. The maximum Gasteiger partial charge on any atom is 0.0680 e. The summed E-state index contributed by atoms with van der Waals surface area (Å²) in [6, 6.07) is 11.7. The Morgan fingerprint density at radius 2 is 1.90 bits per heavy atom. The number of hydrogen-bond donors (Lipinski definition) is 1. The molecule has 0 saturated heterocycles. The van der Waals surface area contributed by atoms with Gasteiger partial charge in [-0.1, -0.05) is 29.3 Å². The second-order valence-electron chi connectivity index (χ2n) is 4.60. The van der Waals surface area contributed by atoms with E-state index >= 15 is 0 Å². The summed E-state index contributed by atoms with van der Waals surface area (Å²) in [5, 5.41) is 10.0. The van der Waals surface area contributed by atoms with E-state index in [1.54, 1.807) is 0 Å². The highest BCUT2D eigenvalue weighted by atomic mass is 35.5. The van der Waals surface area contributed by atoms with Crippen LogP contribution in [0.5, 0.6) is 0 Å². The number of nitrogens with zero attached hydrogens (tertiary/aromatic N) is 2. The molecule has 1 aromatic heterocycles. The van der Waals surface area contributed by atoms with Gasteiger partial charge in [0.05, 0.1) is 11.7 Å². The van der Waals surface area contributed by atoms with Crippen LogP contribution < -0.4 is 5.32 Å². The molecule has 0 aliphatic heterocycles. The second kappa shape index (κ2) is 5.35. The maximum absolute atomic E-state index is 6.16. The van der Waals surface area contributed by atoms with Crippen molar-refractivity contribution in [1.29, 1.82) is 0 Å². The van der Waals surface area contributed by atoms with Crippen molar-refractivity contribution in [3.05, 3.63) is 58.2 Å². The fourth-order valence-corrected chi connectivity index (χ4v) is 2.70. The minimum atomic E-state index is 0.588. The molecule has 20 heavy (non-hydrogen) atoms. The van der Waals surface area contributed by atoms with E-state index in [2.05, 4.69) is 16.5 Å². The highest BCUT2D eigenvalue weighted by molar-refractivity contribution is 6.36. The third kappa shape index (κ3) is 2.47. The van der Waals surface area contributed by atoms with Gasteiger partial charge in [-0.05, 0) is 30.3 Å². The summed E-state index contributed by atoms with van der Waals surface area (Å²) >= 11 is 12.3. The lowest BCUT2D eigenvalue weighted by molar-refractivity contribution is 0.797. The highest BCUT2D eigenvalue weighted by Gasteiger charge is 2.06. The van der Waals surface area contributed by atoms with Gasteiger partial charge in [-0.25, -0.2) is 0 Å². The van der Waals surface area contributed by atoms with Gasteiger partial charge in [-0.3, -0.25) is 4.68 Å². The molecule has 0 radical (unpaired) electrons. The van der Waals surface area contributed by atoms with Gasteiger partial charge in [0, 0.05) is 40.3 Å². The number of fused-ring (bicyclic) bond motifs is 1. The van der Waals surface area contributed by atoms with Crippen LogP contribution in [0, 0.1) is 0 Å². The van der Waals surface area contributed by atoms with Crippen molar-refractivity contribution in [2.45, 2.75) is 6.54 Å². The predicted octanol–water partition coefficient (Wildman–Crippen LogP) is 4.49. The zero-order valence-corrected chi connectivity index (χ0v) is 12.4. The van der Waals surface area contributed by atoms with E-state index in [1.165, 1.54) is 0 Å². The fraction of sp³-hybridized carbons (Fsp3) is 0.133. The number of aromatic nitrogens is 2. The Hall–Kier alpha value is -1.71. The molecule has 0 unspecified atom stereocenters. The molecule has 1 heterocycles. The van der Waals surface area contributed by atoms with Crippen molar-refractivity contribution in [3.8, 4) is 0 Å². The zero-order valence-electron chi connectivity index (χ0n) is 10.9. The van der Waals surface area contributed by atoms with Crippen LogP contribution in [0.15, 0.2) is 42.6 Å². The van der Waals surface area contributed by atoms with Gasteiger partial charge in [0.1, 0.15) is 0 Å². The Morgan fingerprint density at radius 3 is 2.65 bits per heavy atom. The van der Waals surface area contributed by atoms with E-state index in [9.17, 15) is 0 Å². The Balaban J connectivity index is 1.83. The van der Waals surface area contributed by atoms with E-state index in [0.717, 1.165) is 22.2 Å². The molecule has 3 aromatic rings. The topological polar surface area (TPSA) is 29.9 Å². The second-order valence-corrected chi connectivity index (χ2v) is 5.41. The number of rotatable bonds is 3. The minimum absolute atomic E-state index is 0.588. The van der Waals surface area contributed by atoms with Crippen LogP contribution in [-0.2, 0) is 13.6 Å². The number of halogens is 2. The van der Waals surface area contributed by atoms with Gasteiger partial charge in [0.15, 0.2) is 0 Å². The Morgan fingerprint density at radius 1 is 1.15 bits per heavy atom. The largest absolute Gasteiger partial charge is 0.381 e. The quantitative estimate of drug-likeness (QED) is 0.772. The molecule has 102 valence electrons. The molecule has 2 aromatic carbocycles. The van der Waals surface area contributed by atoms with Gasteiger partial charge < -0.3 is 5.32 Å². The first-order chi connectivity index (χ1) is 9.65. The maximum atomic E-state index is 6.16. The van der Waals surface area contributed by atoms with Crippen LogP contribution in [-0.4, -0.2) is 9.78 Å². The van der Waals surface area contributed by atoms with Crippen LogP contribution in [0.25, 0.3) is 10.9 Å². The molecule has 3 rings (SSSR count). The number of nitrogens with one attached hydrogen (secondary N) is 1. The van der Waals surface area contributed by atoms with Gasteiger partial charge in [-0.2, -0.15) is 5.10 Å². The Bertz CT molecular complexity index is 745. The first-order valence-electron chi connectivity index (χ1n) is 6.23. The number of aryl methyl sites for hydroxylation is 1. The summed E-state index contributed by atoms with van der Waals surface area (Å²) < 4.78 is 1.85. The normalized spacial score (nSPS) is 10.9. The fourth-order valence-electron chi connectivity index (χ4n) is 2.17. The van der Waals surface area contributed by atoms with Crippen LogP contribution in [0.3, 0.4) is 0 Å². The lowest BCUT2D eigenvalue weighted by Gasteiger charge is -2.10. The van der Waals surface area contributed by atoms with Crippen LogP contribution in [0.4, 0.5) is 5.69 Å². The van der Waals surface area contributed by atoms with Crippen LogP contribution in [0.1, 0.15) is 5.56 Å². The first kappa shape index (κ1) is 13.3. The highest BCUT2D eigenvalue weighted by Crippen LogP contribution is 2.26. The summed E-state index contributed by atoms with van der Waals surface area (Å²) in [6.45, 7) is 0.588. The van der Waals surface area contributed by atoms with Crippen molar-refractivity contribution in [1.82, 2.24) is 9.78 Å². The summed E-state index contributed by atoms with van der Waals surface area (Å²) in [5.41, 5.74) is 3.02. The summed E-state index contributed by atoms with van der Waals surface area (Å²) in [7, 11) is 1.93. The first-order valence-corrected chi connectivity index (χ1v) is 6.99. The molecular weight excluding hydrogens is 293 g/mol. The molecule has 0 aliphatic rings. The number of benzene rings is 2. The van der Waals surface area contributed by atoms with E-state index in [-0.39, 0.29) is 0 Å². The van der Waals surface area contributed by atoms with E-state index in [4.69, 9.17) is 23.2 Å². The van der Waals surface area contributed by atoms with E-state index in [1.807, 2.05) is 48.3 Å². The van der Waals surface area contributed by atoms with Crippen molar-refractivity contribution in [2.75, 3.05) is 5.32 Å². The standard InChI is InChI=1S/C15H13Cl2N3/c1-20-15-6-5-11(7-10(15)8-19-20)18-9-12-13(16)3-2-4-14(12)17/h2-8,18H,9H2,1H3. The molecule has 0 bridgehead atoms. The molecular formula is C15H13Cl2N3.